The minimum Gasteiger partial charge on any atom is -0.399 e. The Morgan fingerprint density at radius 2 is 1.44 bits per heavy atom. The monoisotopic (exact) mass is 168 g/mol. The molecule has 0 atom stereocenters. The highest BCUT2D eigenvalue weighted by Gasteiger charge is 1.79. The molecular formula is C5H16O2SSi. The highest BCUT2D eigenvalue weighted by atomic mass is 32.1. The maximum Gasteiger partial charge on any atom is 0.304 e. The van der Waals surface area contributed by atoms with Gasteiger partial charge in [0.1, 0.15) is 0 Å². The van der Waals surface area contributed by atoms with Crippen molar-refractivity contribution in [3.63, 3.8) is 0 Å². The molecule has 0 aromatic rings. The van der Waals surface area contributed by atoms with Crippen molar-refractivity contribution in [3.05, 3.63) is 0 Å². The third-order valence-corrected chi connectivity index (χ3v) is 1.72. The van der Waals surface area contributed by atoms with Crippen LogP contribution in [-0.4, -0.2) is 29.5 Å². The van der Waals surface area contributed by atoms with Crippen LogP contribution in [0.3, 0.4) is 0 Å². The molecule has 0 saturated carbocycles. The van der Waals surface area contributed by atoms with Crippen molar-refractivity contribution < 1.29 is 8.85 Å². The van der Waals surface area contributed by atoms with Gasteiger partial charge in [0.2, 0.25) is 0 Å². The number of hydrogen-bond acceptors (Lipinski definition) is 3. The van der Waals surface area contributed by atoms with E-state index in [2.05, 4.69) is 12.6 Å². The molecule has 0 fully saturated rings. The lowest BCUT2D eigenvalue weighted by Gasteiger charge is -1.96. The van der Waals surface area contributed by atoms with Gasteiger partial charge in [0.05, 0.1) is 0 Å². The van der Waals surface area contributed by atoms with Crippen molar-refractivity contribution in [2.24, 2.45) is 0 Å². The molecule has 0 aliphatic rings. The largest absolute Gasteiger partial charge is 0.399 e. The summed E-state index contributed by atoms with van der Waals surface area (Å²) >= 11 is 3.53. The first-order valence-electron chi connectivity index (χ1n) is 3.02. The average molecular weight is 168 g/mol. The van der Waals surface area contributed by atoms with Gasteiger partial charge in [-0.25, -0.2) is 0 Å². The summed E-state index contributed by atoms with van der Waals surface area (Å²) < 4.78 is 9.98. The van der Waals surface area contributed by atoms with Gasteiger partial charge in [0.25, 0.3) is 0 Å². The first-order chi connectivity index (χ1) is 4.41. The zero-order valence-electron chi connectivity index (χ0n) is 6.39. The first-order valence-corrected chi connectivity index (χ1v) is 5.07. The van der Waals surface area contributed by atoms with E-state index >= 15 is 0 Å². The van der Waals surface area contributed by atoms with Crippen LogP contribution < -0.4 is 0 Å². The summed E-state index contributed by atoms with van der Waals surface area (Å²) in [5.41, 5.74) is 0. The van der Waals surface area contributed by atoms with Gasteiger partial charge < -0.3 is 8.85 Å². The SMILES string of the molecule is CCO[SiH2]OCC.CS. The van der Waals surface area contributed by atoms with E-state index in [-0.39, 0.29) is 0 Å². The highest BCUT2D eigenvalue weighted by molar-refractivity contribution is 7.79. The second-order valence-electron chi connectivity index (χ2n) is 1.10. The van der Waals surface area contributed by atoms with Gasteiger partial charge in [-0.3, -0.25) is 0 Å². The molecular weight excluding hydrogens is 152 g/mol. The predicted octanol–water partition coefficient (Wildman–Crippen LogP) is 0.604. The van der Waals surface area contributed by atoms with Crippen molar-refractivity contribution in [2.75, 3.05) is 19.5 Å². The Balaban J connectivity index is 0. The van der Waals surface area contributed by atoms with Crippen LogP contribution in [0.4, 0.5) is 0 Å². The smallest absolute Gasteiger partial charge is 0.304 e. The Hall–Kier alpha value is 0.487. The molecule has 58 valence electrons. The van der Waals surface area contributed by atoms with Gasteiger partial charge in [-0.15, -0.1) is 0 Å². The molecule has 4 heteroatoms. The molecule has 0 saturated heterocycles. The number of rotatable bonds is 4. The van der Waals surface area contributed by atoms with E-state index in [1.54, 1.807) is 6.26 Å². The van der Waals surface area contributed by atoms with E-state index < -0.39 is 10.0 Å². The Bertz CT molecular complexity index is 34.1. The lowest BCUT2D eigenvalue weighted by atomic mass is 10.9. The van der Waals surface area contributed by atoms with Crippen molar-refractivity contribution >= 4 is 22.6 Å². The maximum absolute atomic E-state index is 4.99. The normalized spacial score (nSPS) is 8.00. The van der Waals surface area contributed by atoms with E-state index in [1.165, 1.54) is 0 Å². The maximum atomic E-state index is 4.99. The topological polar surface area (TPSA) is 18.5 Å². The molecule has 0 aliphatic carbocycles. The molecule has 0 spiro atoms. The standard InChI is InChI=1S/C4H12O2Si.CH4S/c1-3-5-7-6-4-2;1-2/h3-4,7H2,1-2H3;2H,1H3. The molecule has 0 amide bonds. The third kappa shape index (κ3) is 17.7. The van der Waals surface area contributed by atoms with E-state index in [0.29, 0.717) is 0 Å². The van der Waals surface area contributed by atoms with Crippen molar-refractivity contribution in [3.8, 4) is 0 Å². The third-order valence-electron chi connectivity index (χ3n) is 0.575. The van der Waals surface area contributed by atoms with Crippen LogP contribution in [0.1, 0.15) is 13.8 Å². The van der Waals surface area contributed by atoms with Gasteiger partial charge in [-0.1, -0.05) is 0 Å². The van der Waals surface area contributed by atoms with Gasteiger partial charge >= 0.3 is 10.0 Å². The highest BCUT2D eigenvalue weighted by Crippen LogP contribution is 1.70. The Morgan fingerprint density at radius 1 is 1.11 bits per heavy atom. The van der Waals surface area contributed by atoms with Crippen LogP contribution in [0.5, 0.6) is 0 Å². The first kappa shape index (κ1) is 12.2. The molecule has 9 heavy (non-hydrogen) atoms. The second kappa shape index (κ2) is 15.8. The fourth-order valence-corrected chi connectivity index (χ4v) is 0.677. The van der Waals surface area contributed by atoms with Gasteiger partial charge in [0, 0.05) is 13.2 Å². The lowest BCUT2D eigenvalue weighted by Crippen LogP contribution is -2.02. The Labute approximate surface area is 65.4 Å². The molecule has 0 aromatic carbocycles. The zero-order valence-corrected chi connectivity index (χ0v) is 8.69. The molecule has 0 rings (SSSR count). The summed E-state index contributed by atoms with van der Waals surface area (Å²) in [6, 6.07) is 0. The molecule has 0 heterocycles. The van der Waals surface area contributed by atoms with Crippen molar-refractivity contribution in [2.45, 2.75) is 13.8 Å². The summed E-state index contributed by atoms with van der Waals surface area (Å²) in [5, 5.41) is 0. The number of thiol groups is 1. The van der Waals surface area contributed by atoms with E-state index in [1.807, 2.05) is 13.8 Å². The van der Waals surface area contributed by atoms with Crippen molar-refractivity contribution in [1.29, 1.82) is 0 Å². The Morgan fingerprint density at radius 3 is 1.67 bits per heavy atom. The molecule has 0 aromatic heterocycles. The van der Waals surface area contributed by atoms with E-state index in [0.717, 1.165) is 13.2 Å². The van der Waals surface area contributed by atoms with Crippen molar-refractivity contribution in [1.82, 2.24) is 0 Å². The zero-order chi connectivity index (χ0) is 7.54. The van der Waals surface area contributed by atoms with Gasteiger partial charge in [0.15, 0.2) is 0 Å². The van der Waals surface area contributed by atoms with E-state index in [9.17, 15) is 0 Å². The van der Waals surface area contributed by atoms with Crippen LogP contribution in [0, 0.1) is 0 Å². The van der Waals surface area contributed by atoms with Crippen LogP contribution >= 0.6 is 12.6 Å². The fraction of sp³-hybridized carbons (Fsp3) is 1.00. The molecule has 2 nitrogen and oxygen atoms in total. The second-order valence-corrected chi connectivity index (χ2v) is 2.16. The van der Waals surface area contributed by atoms with Crippen LogP contribution in [0.25, 0.3) is 0 Å². The van der Waals surface area contributed by atoms with Gasteiger partial charge in [-0.2, -0.15) is 12.6 Å². The molecule has 0 aliphatic heterocycles. The van der Waals surface area contributed by atoms with Crippen LogP contribution in [0.15, 0.2) is 0 Å². The molecule has 0 radical (unpaired) electrons. The van der Waals surface area contributed by atoms with Gasteiger partial charge in [-0.05, 0) is 20.1 Å². The molecule has 0 bridgehead atoms. The summed E-state index contributed by atoms with van der Waals surface area (Å²) in [4.78, 5) is 0. The lowest BCUT2D eigenvalue weighted by molar-refractivity contribution is 0.240. The quantitative estimate of drug-likeness (QED) is 0.376. The summed E-state index contributed by atoms with van der Waals surface area (Å²) in [6.07, 6.45) is 1.69. The summed E-state index contributed by atoms with van der Waals surface area (Å²) in [5.74, 6) is 0. The number of hydrogen-bond donors (Lipinski definition) is 1. The molecule has 0 N–H and O–H groups in total. The van der Waals surface area contributed by atoms with Crippen LogP contribution in [-0.2, 0) is 8.85 Å². The minimum absolute atomic E-state index is 0.589. The predicted molar refractivity (Wildman–Crippen MR) is 46.7 cm³/mol. The van der Waals surface area contributed by atoms with E-state index in [4.69, 9.17) is 8.85 Å². The molecule has 0 unspecified atom stereocenters. The average Bonchev–Trinajstić information content (AvgIpc) is 1.94. The summed E-state index contributed by atoms with van der Waals surface area (Å²) in [7, 11) is -0.589. The minimum atomic E-state index is -0.589. The Kier molecular flexibility index (Phi) is 21.4. The fourth-order valence-electron chi connectivity index (χ4n) is 0.226. The van der Waals surface area contributed by atoms with Crippen LogP contribution in [0.2, 0.25) is 0 Å². The summed E-state index contributed by atoms with van der Waals surface area (Å²) in [6.45, 7) is 5.55.